The summed E-state index contributed by atoms with van der Waals surface area (Å²) in [5.41, 5.74) is 6.13. The van der Waals surface area contributed by atoms with E-state index in [-0.39, 0.29) is 24.4 Å². The van der Waals surface area contributed by atoms with Crippen LogP contribution in [0.25, 0.3) is 16.8 Å². The number of aromatic nitrogens is 3. The van der Waals surface area contributed by atoms with Gasteiger partial charge in [-0.25, -0.2) is 18.7 Å². The van der Waals surface area contributed by atoms with E-state index in [2.05, 4.69) is 4.98 Å². The molecule has 0 saturated carbocycles. The summed E-state index contributed by atoms with van der Waals surface area (Å²) < 4.78 is 65.1. The highest BCUT2D eigenvalue weighted by atomic mass is 19.3. The van der Waals surface area contributed by atoms with Gasteiger partial charge in [0.15, 0.2) is 11.6 Å². The average Bonchev–Trinajstić information content (AvgIpc) is 3.27. The van der Waals surface area contributed by atoms with Crippen molar-refractivity contribution in [3.05, 3.63) is 83.4 Å². The number of imidazole rings is 1. The summed E-state index contributed by atoms with van der Waals surface area (Å²) in [6, 6.07) is 7.90. The molecule has 35 heavy (non-hydrogen) atoms. The number of anilines is 1. The summed E-state index contributed by atoms with van der Waals surface area (Å²) >= 11 is 0. The molecule has 0 spiro atoms. The number of nitrogens with two attached hydrogens (primary N) is 1. The number of alkyl halides is 2. The molecule has 10 heteroatoms. The maximum absolute atomic E-state index is 15.0. The molecule has 2 unspecified atom stereocenters. The Kier molecular flexibility index (Phi) is 5.94. The van der Waals surface area contributed by atoms with Crippen LogP contribution < -0.4 is 5.73 Å². The number of nitrogen functional groups attached to an aromatic ring is 1. The zero-order chi connectivity index (χ0) is 24.7. The van der Waals surface area contributed by atoms with E-state index in [9.17, 15) is 13.9 Å². The van der Waals surface area contributed by atoms with Crippen LogP contribution in [0, 0.1) is 11.6 Å². The topological polar surface area (TPSA) is 85.7 Å². The van der Waals surface area contributed by atoms with Crippen LogP contribution in [-0.2, 0) is 10.7 Å². The molecule has 2 aromatic carbocycles. The Morgan fingerprint density at radius 1 is 1.11 bits per heavy atom. The molecule has 1 saturated heterocycles. The average molecular weight is 486 g/mol. The van der Waals surface area contributed by atoms with Gasteiger partial charge in [-0.1, -0.05) is 30.3 Å². The van der Waals surface area contributed by atoms with E-state index in [1.54, 1.807) is 12.4 Å². The molecule has 6 nitrogen and oxygen atoms in total. The highest BCUT2D eigenvalue weighted by Gasteiger charge is 2.38. The first-order valence-electron chi connectivity index (χ1n) is 11.1. The van der Waals surface area contributed by atoms with Crippen LogP contribution in [0.2, 0.25) is 0 Å². The van der Waals surface area contributed by atoms with E-state index >= 15 is 8.78 Å². The lowest BCUT2D eigenvalue weighted by Crippen LogP contribution is -2.28. The largest absolute Gasteiger partial charge is 0.394 e. The first-order valence-corrected chi connectivity index (χ1v) is 11.1. The van der Waals surface area contributed by atoms with E-state index in [1.807, 2.05) is 4.40 Å². The number of aliphatic hydroxyl groups excluding tert-OH is 1. The number of halogens is 4. The van der Waals surface area contributed by atoms with Gasteiger partial charge in [0.2, 0.25) is 0 Å². The first-order chi connectivity index (χ1) is 16.8. The number of aliphatic hydroxyl groups is 1. The molecule has 182 valence electrons. The second-order valence-electron chi connectivity index (χ2n) is 8.52. The summed E-state index contributed by atoms with van der Waals surface area (Å²) in [5.74, 6) is -5.80. The lowest BCUT2D eigenvalue weighted by molar-refractivity contribution is -0.0282. The molecule has 1 fully saturated rings. The highest BCUT2D eigenvalue weighted by molar-refractivity contribution is 5.85. The minimum absolute atomic E-state index is 0.0479. The number of rotatable bonds is 5. The van der Waals surface area contributed by atoms with Gasteiger partial charge in [0.25, 0.3) is 0 Å². The van der Waals surface area contributed by atoms with Crippen molar-refractivity contribution in [2.24, 2.45) is 0 Å². The van der Waals surface area contributed by atoms with Crippen LogP contribution in [-0.4, -0.2) is 38.8 Å². The molecule has 2 aromatic heterocycles. The molecule has 0 radical (unpaired) electrons. The predicted molar refractivity (Wildman–Crippen MR) is 121 cm³/mol. The minimum Gasteiger partial charge on any atom is -0.394 e. The van der Waals surface area contributed by atoms with Gasteiger partial charge in [-0.15, -0.1) is 0 Å². The fraction of sp³-hybridized carbons (Fsp3) is 0.280. The molecule has 3 heterocycles. The van der Waals surface area contributed by atoms with Crippen LogP contribution in [0.5, 0.6) is 0 Å². The maximum atomic E-state index is 15.0. The fourth-order valence-corrected chi connectivity index (χ4v) is 4.47. The lowest BCUT2D eigenvalue weighted by atomic mass is 9.97. The Labute approximate surface area is 198 Å². The number of hydrogen-bond donors (Lipinski definition) is 2. The Balaban J connectivity index is 1.53. The van der Waals surface area contributed by atoms with Crippen molar-refractivity contribution in [1.29, 1.82) is 0 Å². The Morgan fingerprint density at radius 3 is 2.57 bits per heavy atom. The summed E-state index contributed by atoms with van der Waals surface area (Å²) in [7, 11) is 0. The molecule has 0 bridgehead atoms. The first kappa shape index (κ1) is 23.3. The fourth-order valence-electron chi connectivity index (χ4n) is 4.47. The number of hydrogen-bond acceptors (Lipinski definition) is 5. The second-order valence-corrected chi connectivity index (χ2v) is 8.52. The Bertz CT molecular complexity index is 1370. The molecule has 0 amide bonds. The third kappa shape index (κ3) is 4.02. The normalized spacial score (nSPS) is 18.8. The predicted octanol–water partition coefficient (Wildman–Crippen LogP) is 4.65. The zero-order valence-corrected chi connectivity index (χ0v) is 18.5. The molecule has 1 aliphatic rings. The van der Waals surface area contributed by atoms with Gasteiger partial charge in [-0.3, -0.25) is 4.40 Å². The summed E-state index contributed by atoms with van der Waals surface area (Å²) in [6.45, 7) is 0.323. The monoisotopic (exact) mass is 486 g/mol. The zero-order valence-electron chi connectivity index (χ0n) is 18.5. The van der Waals surface area contributed by atoms with Gasteiger partial charge >= 0.3 is 5.92 Å². The Hall–Kier alpha value is -3.50. The molecule has 1 aliphatic heterocycles. The number of fused-ring (bicyclic) bond motifs is 1. The maximum Gasteiger partial charge on any atom is 0.301 e. The van der Waals surface area contributed by atoms with Crippen molar-refractivity contribution >= 4 is 11.3 Å². The van der Waals surface area contributed by atoms with Crippen molar-refractivity contribution in [3.63, 3.8) is 0 Å². The molecule has 3 N–H and O–H groups in total. The molecule has 4 aromatic rings. The van der Waals surface area contributed by atoms with Crippen molar-refractivity contribution in [2.45, 2.75) is 30.8 Å². The standard InChI is InChI=1S/C25H22F4N4O2/c26-19-3-1-2-18(20(19)27)25(28,29)16-7-4-14(5-8-16)21-22-23(30)31-10-11-33(22)24(32-21)15-6-9-17(12-34)35-13-15/h1-5,7-8,10-11,15,17,34H,6,9,12-13H2,(H2,30,31). The van der Waals surface area contributed by atoms with Crippen molar-refractivity contribution in [3.8, 4) is 11.3 Å². The summed E-state index contributed by atoms with van der Waals surface area (Å²) in [4.78, 5) is 8.92. The van der Waals surface area contributed by atoms with Crippen molar-refractivity contribution < 1.29 is 27.4 Å². The molecular weight excluding hydrogens is 464 g/mol. The minimum atomic E-state index is -3.74. The van der Waals surface area contributed by atoms with E-state index in [4.69, 9.17) is 15.5 Å². The van der Waals surface area contributed by atoms with Crippen LogP contribution in [0.1, 0.15) is 35.7 Å². The van der Waals surface area contributed by atoms with E-state index in [0.717, 1.165) is 36.8 Å². The van der Waals surface area contributed by atoms with Gasteiger partial charge in [-0.05, 0) is 25.0 Å². The molecule has 0 aliphatic carbocycles. The second kappa shape index (κ2) is 8.94. The molecule has 5 rings (SSSR count). The van der Waals surface area contributed by atoms with E-state index < -0.39 is 28.7 Å². The van der Waals surface area contributed by atoms with Crippen LogP contribution >= 0.6 is 0 Å². The van der Waals surface area contributed by atoms with Crippen molar-refractivity contribution in [1.82, 2.24) is 14.4 Å². The third-order valence-electron chi connectivity index (χ3n) is 6.36. The van der Waals surface area contributed by atoms with Gasteiger partial charge in [-0.2, -0.15) is 8.78 Å². The van der Waals surface area contributed by atoms with Crippen molar-refractivity contribution in [2.75, 3.05) is 18.9 Å². The quantitative estimate of drug-likeness (QED) is 0.401. The molecule has 2 atom stereocenters. The smallest absolute Gasteiger partial charge is 0.301 e. The van der Waals surface area contributed by atoms with Crippen LogP contribution in [0.4, 0.5) is 23.4 Å². The number of benzene rings is 2. The third-order valence-corrected chi connectivity index (χ3v) is 6.36. The van der Waals surface area contributed by atoms with Gasteiger partial charge in [0, 0.05) is 29.4 Å². The highest BCUT2D eigenvalue weighted by Crippen LogP contribution is 2.39. The number of nitrogens with zero attached hydrogens (tertiary/aromatic N) is 3. The van der Waals surface area contributed by atoms with Gasteiger partial charge in [0.1, 0.15) is 22.9 Å². The number of ether oxygens (including phenoxy) is 1. The summed E-state index contributed by atoms with van der Waals surface area (Å²) in [5, 5.41) is 9.33. The SMILES string of the molecule is Nc1nccn2c(C3CCC(CO)OC3)nc(-c3ccc(C(F)(F)c4cccc(F)c4F)cc3)c12. The van der Waals surface area contributed by atoms with Crippen LogP contribution in [0.15, 0.2) is 54.9 Å². The Morgan fingerprint density at radius 2 is 1.89 bits per heavy atom. The van der Waals surface area contributed by atoms with E-state index in [0.29, 0.717) is 35.6 Å². The van der Waals surface area contributed by atoms with Gasteiger partial charge in [0.05, 0.1) is 24.9 Å². The van der Waals surface area contributed by atoms with Crippen LogP contribution in [0.3, 0.4) is 0 Å². The molecular formula is C25H22F4N4O2. The summed E-state index contributed by atoms with van der Waals surface area (Å²) in [6.07, 6.45) is 4.49. The van der Waals surface area contributed by atoms with Gasteiger partial charge < -0.3 is 15.6 Å². The lowest BCUT2D eigenvalue weighted by Gasteiger charge is -2.27. The van der Waals surface area contributed by atoms with E-state index in [1.165, 1.54) is 12.1 Å².